The highest BCUT2D eigenvalue weighted by Gasteiger charge is 2.31. The number of hydrogen-bond acceptors (Lipinski definition) is 4. The highest BCUT2D eigenvalue weighted by atomic mass is 16.4. The van der Waals surface area contributed by atoms with Crippen molar-refractivity contribution in [1.29, 1.82) is 0 Å². The van der Waals surface area contributed by atoms with Crippen LogP contribution in [-0.4, -0.2) is 26.7 Å². The predicted molar refractivity (Wildman–Crippen MR) is 75.8 cm³/mol. The molecule has 6 heteroatoms. The van der Waals surface area contributed by atoms with E-state index in [1.807, 2.05) is 6.92 Å². The van der Waals surface area contributed by atoms with Gasteiger partial charge in [0.2, 0.25) is 0 Å². The lowest BCUT2D eigenvalue weighted by Gasteiger charge is -2.29. The third kappa shape index (κ3) is 3.18. The number of nitrogens with one attached hydrogen (secondary N) is 1. The van der Waals surface area contributed by atoms with Gasteiger partial charge in [0.1, 0.15) is 0 Å². The third-order valence-electron chi connectivity index (χ3n) is 3.78. The first-order chi connectivity index (χ1) is 9.63. The van der Waals surface area contributed by atoms with Crippen molar-refractivity contribution in [2.75, 3.05) is 5.32 Å². The molecule has 0 amide bonds. The Balaban J connectivity index is 2.18. The minimum absolute atomic E-state index is 0.177. The molecule has 110 valence electrons. The number of carbonyl (C=O) groups is 1. The van der Waals surface area contributed by atoms with E-state index >= 15 is 0 Å². The molecule has 2 unspecified atom stereocenters. The topological polar surface area (TPSA) is 84.2 Å². The highest BCUT2D eigenvalue weighted by molar-refractivity contribution is 5.71. The van der Waals surface area contributed by atoms with Crippen LogP contribution in [0, 0.1) is 5.92 Å². The van der Waals surface area contributed by atoms with E-state index in [4.69, 9.17) is 0 Å². The van der Waals surface area contributed by atoms with Crippen LogP contribution in [0.4, 0.5) is 5.82 Å². The second kappa shape index (κ2) is 6.54. The molecule has 1 aliphatic rings. The molecule has 0 bridgehead atoms. The maximum absolute atomic E-state index is 12.2. The lowest BCUT2D eigenvalue weighted by atomic mass is 9.84. The van der Waals surface area contributed by atoms with E-state index < -0.39 is 11.9 Å². The van der Waals surface area contributed by atoms with E-state index in [2.05, 4.69) is 10.3 Å². The minimum Gasteiger partial charge on any atom is -0.481 e. The van der Waals surface area contributed by atoms with Crippen molar-refractivity contribution >= 4 is 11.8 Å². The van der Waals surface area contributed by atoms with Gasteiger partial charge in [0.15, 0.2) is 5.82 Å². The normalized spacial score (nSPS) is 22.4. The number of hydrogen-bond donors (Lipinski definition) is 2. The number of rotatable bonds is 5. The molecule has 1 fully saturated rings. The fourth-order valence-electron chi connectivity index (χ4n) is 2.74. The summed E-state index contributed by atoms with van der Waals surface area (Å²) >= 11 is 0. The molecule has 2 rings (SSSR count). The summed E-state index contributed by atoms with van der Waals surface area (Å²) < 4.78 is 1.61. The molecule has 0 saturated heterocycles. The van der Waals surface area contributed by atoms with Gasteiger partial charge in [0.05, 0.1) is 5.92 Å². The van der Waals surface area contributed by atoms with E-state index in [0.29, 0.717) is 13.0 Å². The molecular formula is C14H21N3O3. The van der Waals surface area contributed by atoms with Gasteiger partial charge < -0.3 is 15.0 Å². The number of aryl methyl sites for hydroxylation is 1. The van der Waals surface area contributed by atoms with E-state index in [0.717, 1.165) is 25.7 Å². The molecular weight excluding hydrogens is 258 g/mol. The monoisotopic (exact) mass is 279 g/mol. The second-order valence-electron chi connectivity index (χ2n) is 5.25. The molecule has 0 aliphatic heterocycles. The van der Waals surface area contributed by atoms with Crippen LogP contribution in [0.5, 0.6) is 0 Å². The van der Waals surface area contributed by atoms with Gasteiger partial charge in [0, 0.05) is 25.0 Å². The lowest BCUT2D eigenvalue weighted by molar-refractivity contribution is -0.143. The zero-order chi connectivity index (χ0) is 14.5. The average molecular weight is 279 g/mol. The molecule has 1 aromatic heterocycles. The van der Waals surface area contributed by atoms with Crippen molar-refractivity contribution in [3.8, 4) is 0 Å². The lowest BCUT2D eigenvalue weighted by Crippen LogP contribution is -2.39. The zero-order valence-corrected chi connectivity index (χ0v) is 11.7. The van der Waals surface area contributed by atoms with Gasteiger partial charge >= 0.3 is 5.97 Å². The zero-order valence-electron chi connectivity index (χ0n) is 11.7. The summed E-state index contributed by atoms with van der Waals surface area (Å²) in [6.45, 7) is 2.64. The van der Waals surface area contributed by atoms with E-state index in [-0.39, 0.29) is 17.4 Å². The first-order valence-electron chi connectivity index (χ1n) is 7.18. The molecule has 1 aromatic rings. The summed E-state index contributed by atoms with van der Waals surface area (Å²) in [6.07, 6.45) is 7.44. The highest BCUT2D eigenvalue weighted by Crippen LogP contribution is 2.26. The third-order valence-corrected chi connectivity index (χ3v) is 3.78. The number of carboxylic acids is 1. The Bertz CT molecular complexity index is 527. The first-order valence-corrected chi connectivity index (χ1v) is 7.18. The molecule has 2 atom stereocenters. The van der Waals surface area contributed by atoms with Crippen molar-refractivity contribution in [3.05, 3.63) is 22.7 Å². The van der Waals surface area contributed by atoms with E-state index in [1.165, 1.54) is 0 Å². The largest absolute Gasteiger partial charge is 0.481 e. The van der Waals surface area contributed by atoms with Crippen LogP contribution in [-0.2, 0) is 11.3 Å². The molecule has 1 saturated carbocycles. The maximum atomic E-state index is 12.2. The van der Waals surface area contributed by atoms with Gasteiger partial charge in [-0.25, -0.2) is 4.98 Å². The molecule has 20 heavy (non-hydrogen) atoms. The Kier molecular flexibility index (Phi) is 4.76. The van der Waals surface area contributed by atoms with Gasteiger partial charge in [-0.05, 0) is 19.3 Å². The van der Waals surface area contributed by atoms with Crippen molar-refractivity contribution in [2.24, 2.45) is 5.92 Å². The van der Waals surface area contributed by atoms with Crippen molar-refractivity contribution in [2.45, 2.75) is 51.6 Å². The Morgan fingerprint density at radius 2 is 2.25 bits per heavy atom. The number of carboxylic acid groups (broad SMARTS) is 1. The standard InChI is InChI=1S/C14H21N3O3/c1-2-8-17-9-7-15-12(13(17)18)16-11-6-4-3-5-10(11)14(19)20/h7,9-11H,2-6,8H2,1H3,(H,15,16)(H,19,20). The minimum atomic E-state index is -0.799. The van der Waals surface area contributed by atoms with Crippen LogP contribution in [0.3, 0.4) is 0 Å². The van der Waals surface area contributed by atoms with Gasteiger partial charge in [-0.1, -0.05) is 19.8 Å². The molecule has 6 nitrogen and oxygen atoms in total. The number of nitrogens with zero attached hydrogens (tertiary/aromatic N) is 2. The van der Waals surface area contributed by atoms with Crippen LogP contribution in [0.25, 0.3) is 0 Å². The van der Waals surface area contributed by atoms with Gasteiger partial charge in [-0.2, -0.15) is 0 Å². The first kappa shape index (κ1) is 14.6. The molecule has 0 aromatic carbocycles. The summed E-state index contributed by atoms with van der Waals surface area (Å²) in [6, 6.07) is -0.209. The Hall–Kier alpha value is -1.85. The fraction of sp³-hybridized carbons (Fsp3) is 0.643. The molecule has 1 heterocycles. The molecule has 0 spiro atoms. The summed E-state index contributed by atoms with van der Waals surface area (Å²) in [4.78, 5) is 27.5. The molecule has 2 N–H and O–H groups in total. The quantitative estimate of drug-likeness (QED) is 0.857. The number of anilines is 1. The summed E-state index contributed by atoms with van der Waals surface area (Å²) in [7, 11) is 0. The predicted octanol–water partition coefficient (Wildman–Crippen LogP) is 1.71. The van der Waals surface area contributed by atoms with Crippen LogP contribution in [0.2, 0.25) is 0 Å². The molecule has 0 radical (unpaired) electrons. The van der Waals surface area contributed by atoms with Crippen LogP contribution < -0.4 is 10.9 Å². The average Bonchev–Trinajstić information content (AvgIpc) is 2.44. The SMILES string of the molecule is CCCn1ccnc(NC2CCCCC2C(=O)O)c1=O. The van der Waals surface area contributed by atoms with E-state index in [1.54, 1.807) is 17.0 Å². The summed E-state index contributed by atoms with van der Waals surface area (Å²) in [5.41, 5.74) is -0.177. The number of aromatic nitrogens is 2. The molecule has 1 aliphatic carbocycles. The summed E-state index contributed by atoms with van der Waals surface area (Å²) in [5, 5.41) is 12.3. The Morgan fingerprint density at radius 1 is 1.50 bits per heavy atom. The van der Waals surface area contributed by atoms with Crippen LogP contribution in [0.15, 0.2) is 17.2 Å². The van der Waals surface area contributed by atoms with Gasteiger partial charge in [-0.15, -0.1) is 0 Å². The fourth-order valence-corrected chi connectivity index (χ4v) is 2.74. The van der Waals surface area contributed by atoms with Crippen LogP contribution >= 0.6 is 0 Å². The van der Waals surface area contributed by atoms with Crippen molar-refractivity contribution < 1.29 is 9.90 Å². The van der Waals surface area contributed by atoms with Crippen LogP contribution in [0.1, 0.15) is 39.0 Å². The Morgan fingerprint density at radius 3 is 2.95 bits per heavy atom. The number of aliphatic carboxylic acids is 1. The van der Waals surface area contributed by atoms with Gasteiger partial charge in [-0.3, -0.25) is 9.59 Å². The smallest absolute Gasteiger partial charge is 0.308 e. The van der Waals surface area contributed by atoms with E-state index in [9.17, 15) is 14.7 Å². The second-order valence-corrected chi connectivity index (χ2v) is 5.25. The van der Waals surface area contributed by atoms with Crippen molar-refractivity contribution in [1.82, 2.24) is 9.55 Å². The van der Waals surface area contributed by atoms with Gasteiger partial charge in [0.25, 0.3) is 5.56 Å². The Labute approximate surface area is 117 Å². The van der Waals surface area contributed by atoms with Crippen molar-refractivity contribution in [3.63, 3.8) is 0 Å². The summed E-state index contributed by atoms with van der Waals surface area (Å²) in [5.74, 6) is -0.976. The maximum Gasteiger partial charge on any atom is 0.308 e.